The maximum Gasteiger partial charge on any atom is 0.121 e. The van der Waals surface area contributed by atoms with Crippen molar-refractivity contribution in [2.75, 3.05) is 0 Å². The summed E-state index contributed by atoms with van der Waals surface area (Å²) in [5.74, 6) is 0. The summed E-state index contributed by atoms with van der Waals surface area (Å²) in [6, 6.07) is 0. The molecule has 0 saturated heterocycles. The van der Waals surface area contributed by atoms with Gasteiger partial charge in [0.1, 0.15) is 4.49 Å². The van der Waals surface area contributed by atoms with E-state index in [1.54, 1.807) is 13.3 Å². The minimum Gasteiger partial charge on any atom is -0.0862 e. The first-order valence-electron chi connectivity index (χ1n) is 1.68. The van der Waals surface area contributed by atoms with Crippen LogP contribution < -0.4 is 0 Å². The minimum atomic E-state index is 0.115. The van der Waals surface area contributed by atoms with Crippen LogP contribution in [0.2, 0.25) is 0 Å². The van der Waals surface area contributed by atoms with E-state index in [1.807, 2.05) is 0 Å². The molecular weight excluding hydrogens is 154 g/mol. The Morgan fingerprint density at radius 2 is 1.71 bits per heavy atom. The number of allylic oxidation sites excluding steroid dienone is 1. The zero-order valence-corrected chi connectivity index (χ0v) is 5.98. The first-order chi connectivity index (χ1) is 3.18. The zero-order valence-electron chi connectivity index (χ0n) is 3.71. The molecule has 0 nitrogen and oxygen atoms in total. The van der Waals surface area contributed by atoms with E-state index in [1.165, 1.54) is 0 Å². The lowest BCUT2D eigenvalue weighted by molar-refractivity contribution is 1.52. The smallest absolute Gasteiger partial charge is 0.0862 e. The van der Waals surface area contributed by atoms with Crippen molar-refractivity contribution in [1.29, 1.82) is 0 Å². The Hall–Kier alpha value is 0.610. The second-order valence-corrected chi connectivity index (χ2v) is 2.25. The van der Waals surface area contributed by atoms with Gasteiger partial charge in [-0.15, -0.1) is 0 Å². The van der Waals surface area contributed by atoms with Gasteiger partial charge >= 0.3 is 0 Å². The molecule has 41 valence electrons. The van der Waals surface area contributed by atoms with E-state index in [9.17, 15) is 0 Å². The van der Waals surface area contributed by atoms with E-state index >= 15 is 0 Å². The Kier molecular flexibility index (Phi) is 3.91. The van der Waals surface area contributed by atoms with Gasteiger partial charge in [-0.3, -0.25) is 0 Å². The summed E-state index contributed by atoms with van der Waals surface area (Å²) in [7, 11) is 0. The molecule has 0 atom stereocenters. The molecule has 0 rings (SSSR count). The molecular formula is C4H4Cl3. The molecule has 0 N–H and O–H groups in total. The fourth-order valence-electron chi connectivity index (χ4n) is 0.109. The van der Waals surface area contributed by atoms with E-state index in [0.717, 1.165) is 0 Å². The highest BCUT2D eigenvalue weighted by molar-refractivity contribution is 6.59. The molecule has 0 heterocycles. The summed E-state index contributed by atoms with van der Waals surface area (Å²) in [4.78, 5) is 0. The lowest BCUT2D eigenvalue weighted by atomic mass is 10.5. The minimum absolute atomic E-state index is 0.115. The summed E-state index contributed by atoms with van der Waals surface area (Å²) >= 11 is 15.8. The van der Waals surface area contributed by atoms with Gasteiger partial charge in [0.2, 0.25) is 0 Å². The molecule has 7 heavy (non-hydrogen) atoms. The molecule has 0 aliphatic heterocycles. The van der Waals surface area contributed by atoms with Crippen molar-refractivity contribution in [1.82, 2.24) is 0 Å². The van der Waals surface area contributed by atoms with E-state index in [0.29, 0.717) is 5.03 Å². The molecule has 0 aliphatic rings. The Morgan fingerprint density at radius 1 is 1.29 bits per heavy atom. The van der Waals surface area contributed by atoms with E-state index < -0.39 is 0 Å². The van der Waals surface area contributed by atoms with Crippen LogP contribution in [-0.2, 0) is 0 Å². The molecule has 3 heteroatoms. The van der Waals surface area contributed by atoms with Crippen molar-refractivity contribution in [3.8, 4) is 0 Å². The second-order valence-electron chi connectivity index (χ2n) is 0.897. The van der Waals surface area contributed by atoms with Crippen LogP contribution in [0.5, 0.6) is 0 Å². The lowest BCUT2D eigenvalue weighted by Gasteiger charge is -1.86. The summed E-state index contributed by atoms with van der Waals surface area (Å²) in [5.41, 5.74) is 0. The predicted octanol–water partition coefficient (Wildman–Crippen LogP) is 3.10. The van der Waals surface area contributed by atoms with Crippen LogP contribution in [0.15, 0.2) is 9.52 Å². The Balaban J connectivity index is 3.72. The number of hydrogen-bond donors (Lipinski definition) is 0. The highest BCUT2D eigenvalue weighted by Crippen LogP contribution is 2.18. The molecule has 0 aromatic carbocycles. The molecule has 0 unspecified atom stereocenters. The maximum absolute atomic E-state index is 5.36. The third kappa shape index (κ3) is 3.22. The second kappa shape index (κ2) is 3.59. The zero-order chi connectivity index (χ0) is 5.86. The lowest BCUT2D eigenvalue weighted by Crippen LogP contribution is -1.65. The predicted molar refractivity (Wildman–Crippen MR) is 34.6 cm³/mol. The molecule has 0 bridgehead atoms. The highest BCUT2D eigenvalue weighted by Gasteiger charge is 1.91. The van der Waals surface area contributed by atoms with Crippen molar-refractivity contribution >= 4 is 34.8 Å². The van der Waals surface area contributed by atoms with Gasteiger partial charge in [-0.05, 0) is 0 Å². The Morgan fingerprint density at radius 3 is 1.71 bits per heavy atom. The van der Waals surface area contributed by atoms with Crippen LogP contribution in [-0.4, -0.2) is 0 Å². The third-order valence-corrected chi connectivity index (χ3v) is 1.44. The number of hydrogen-bond acceptors (Lipinski definition) is 0. The molecule has 0 amide bonds. The molecule has 0 aromatic heterocycles. The van der Waals surface area contributed by atoms with Crippen LogP contribution in [0.1, 0.15) is 6.92 Å². The van der Waals surface area contributed by atoms with Crippen molar-refractivity contribution < 1.29 is 0 Å². The van der Waals surface area contributed by atoms with Gasteiger partial charge < -0.3 is 0 Å². The third-order valence-electron chi connectivity index (χ3n) is 0.434. The average Bonchev–Trinajstić information content (AvgIpc) is 1.65. The summed E-state index contributed by atoms with van der Waals surface area (Å²) in [6.07, 6.45) is 1.62. The van der Waals surface area contributed by atoms with Crippen LogP contribution in [0.25, 0.3) is 0 Å². The fourth-order valence-corrected chi connectivity index (χ4v) is 0.327. The van der Waals surface area contributed by atoms with Gasteiger partial charge in [0.05, 0.1) is 5.03 Å². The van der Waals surface area contributed by atoms with Gasteiger partial charge in [0.15, 0.2) is 0 Å². The van der Waals surface area contributed by atoms with Gasteiger partial charge in [-0.1, -0.05) is 41.7 Å². The average molecular weight is 158 g/mol. The molecule has 0 saturated carbocycles. The Bertz CT molecular complexity index is 80.9. The van der Waals surface area contributed by atoms with Crippen LogP contribution in [0, 0.1) is 6.42 Å². The van der Waals surface area contributed by atoms with Crippen molar-refractivity contribution in [3.05, 3.63) is 15.9 Å². The maximum atomic E-state index is 5.36. The first kappa shape index (κ1) is 7.61. The topological polar surface area (TPSA) is 0 Å². The van der Waals surface area contributed by atoms with E-state index in [-0.39, 0.29) is 4.49 Å². The molecule has 1 radical (unpaired) electrons. The monoisotopic (exact) mass is 157 g/mol. The van der Waals surface area contributed by atoms with Crippen molar-refractivity contribution in [2.24, 2.45) is 0 Å². The number of halogens is 3. The SMILES string of the molecule is C[CH]C(Cl)=C(Cl)Cl. The summed E-state index contributed by atoms with van der Waals surface area (Å²) in [5, 5.41) is 0.392. The highest BCUT2D eigenvalue weighted by atomic mass is 35.5. The normalized spacial score (nSPS) is 8.57. The summed E-state index contributed by atoms with van der Waals surface area (Å²) in [6.45, 7) is 1.76. The molecule has 0 spiro atoms. The van der Waals surface area contributed by atoms with Gasteiger partial charge in [-0.2, -0.15) is 0 Å². The molecule has 0 aliphatic carbocycles. The van der Waals surface area contributed by atoms with Gasteiger partial charge in [0, 0.05) is 6.42 Å². The van der Waals surface area contributed by atoms with Crippen molar-refractivity contribution in [3.63, 3.8) is 0 Å². The van der Waals surface area contributed by atoms with Crippen LogP contribution in [0.3, 0.4) is 0 Å². The number of rotatable bonds is 1. The first-order valence-corrected chi connectivity index (χ1v) is 2.82. The van der Waals surface area contributed by atoms with Crippen LogP contribution in [0.4, 0.5) is 0 Å². The molecule has 0 fully saturated rings. The Labute approximate surface area is 58.1 Å². The van der Waals surface area contributed by atoms with E-state index in [4.69, 9.17) is 34.8 Å². The fraction of sp³-hybridized carbons (Fsp3) is 0.250. The summed E-state index contributed by atoms with van der Waals surface area (Å²) < 4.78 is 0.115. The van der Waals surface area contributed by atoms with Gasteiger partial charge in [0.25, 0.3) is 0 Å². The van der Waals surface area contributed by atoms with Gasteiger partial charge in [-0.25, -0.2) is 0 Å². The quantitative estimate of drug-likeness (QED) is 0.550. The van der Waals surface area contributed by atoms with Crippen LogP contribution >= 0.6 is 34.8 Å². The van der Waals surface area contributed by atoms with E-state index in [2.05, 4.69) is 0 Å². The standard InChI is InChI=1S/C4H4Cl3/c1-2-3(5)4(6)7/h2H,1H3. The van der Waals surface area contributed by atoms with Crippen molar-refractivity contribution in [2.45, 2.75) is 6.92 Å². The molecule has 0 aromatic rings. The largest absolute Gasteiger partial charge is 0.121 e.